The molecule has 166 valence electrons. The fourth-order valence-corrected chi connectivity index (χ4v) is 3.89. The molecule has 0 unspecified atom stereocenters. The summed E-state index contributed by atoms with van der Waals surface area (Å²) in [5, 5.41) is 3.52. The van der Waals surface area contributed by atoms with E-state index in [9.17, 15) is 0 Å². The number of hydrogen-bond donors (Lipinski definition) is 1. The Morgan fingerprint density at radius 3 is 2.60 bits per heavy atom. The van der Waals surface area contributed by atoms with Crippen LogP contribution in [-0.4, -0.2) is 20.4 Å². The molecular formula is C23H31BrClNO4. The quantitative estimate of drug-likeness (QED) is 0.349. The third-order valence-corrected chi connectivity index (χ3v) is 5.48. The van der Waals surface area contributed by atoms with Gasteiger partial charge in [0, 0.05) is 6.54 Å². The monoisotopic (exact) mass is 499 g/mol. The Hall–Kier alpha value is -1.63. The van der Waals surface area contributed by atoms with E-state index in [1.165, 1.54) is 32.1 Å². The van der Waals surface area contributed by atoms with Gasteiger partial charge in [0.1, 0.15) is 6.61 Å². The van der Waals surface area contributed by atoms with E-state index in [1.807, 2.05) is 24.3 Å². The summed E-state index contributed by atoms with van der Waals surface area (Å²) in [5.74, 6) is 2.95. The molecule has 0 amide bonds. The van der Waals surface area contributed by atoms with Crippen LogP contribution >= 0.6 is 28.3 Å². The van der Waals surface area contributed by atoms with E-state index in [0.29, 0.717) is 12.4 Å². The lowest BCUT2D eigenvalue weighted by molar-refractivity contribution is 0.174. The van der Waals surface area contributed by atoms with Crippen molar-refractivity contribution in [3.8, 4) is 23.0 Å². The smallest absolute Gasteiger partial charge is 0.231 e. The van der Waals surface area contributed by atoms with Crippen LogP contribution in [0.4, 0.5) is 0 Å². The van der Waals surface area contributed by atoms with Gasteiger partial charge in [0.25, 0.3) is 0 Å². The van der Waals surface area contributed by atoms with E-state index in [0.717, 1.165) is 45.9 Å². The second kappa shape index (κ2) is 12.9. The number of fused-ring (bicyclic) bond motifs is 1. The van der Waals surface area contributed by atoms with Gasteiger partial charge in [0.05, 0.1) is 11.6 Å². The molecule has 30 heavy (non-hydrogen) atoms. The number of benzene rings is 2. The van der Waals surface area contributed by atoms with Crippen molar-refractivity contribution in [3.63, 3.8) is 0 Å². The largest absolute Gasteiger partial charge is 0.493 e. The molecule has 0 saturated carbocycles. The Kier molecular flexibility index (Phi) is 10.6. The molecule has 0 atom stereocenters. The fourth-order valence-electron chi connectivity index (χ4n) is 3.29. The normalized spacial score (nSPS) is 11.8. The highest BCUT2D eigenvalue weighted by atomic mass is 79.9. The molecule has 0 aromatic heterocycles. The molecule has 0 saturated heterocycles. The van der Waals surface area contributed by atoms with Gasteiger partial charge in [-0.15, -0.1) is 12.4 Å². The standard InChI is InChI=1S/C23H30BrNO4.ClH/c1-3-4-5-6-7-10-25-14-18-11-19(24)23(22(13-18)26-2)27-15-17-8-9-20-21(12-17)29-16-28-20;/h8-9,11-13,25H,3-7,10,14-16H2,1-2H3;1H. The summed E-state index contributed by atoms with van der Waals surface area (Å²) in [6.07, 6.45) is 6.45. The Morgan fingerprint density at radius 1 is 1.00 bits per heavy atom. The summed E-state index contributed by atoms with van der Waals surface area (Å²) < 4.78 is 23.3. The van der Waals surface area contributed by atoms with Gasteiger partial charge in [-0.2, -0.15) is 0 Å². The molecule has 1 N–H and O–H groups in total. The molecule has 0 fully saturated rings. The molecular weight excluding hydrogens is 470 g/mol. The summed E-state index contributed by atoms with van der Waals surface area (Å²) in [4.78, 5) is 0. The van der Waals surface area contributed by atoms with E-state index >= 15 is 0 Å². The fraction of sp³-hybridized carbons (Fsp3) is 0.478. The van der Waals surface area contributed by atoms with Crippen LogP contribution in [0, 0.1) is 0 Å². The van der Waals surface area contributed by atoms with Crippen LogP contribution in [0.2, 0.25) is 0 Å². The van der Waals surface area contributed by atoms with Crippen molar-refractivity contribution in [1.82, 2.24) is 5.32 Å². The molecule has 2 aromatic carbocycles. The first-order valence-electron chi connectivity index (χ1n) is 10.3. The van der Waals surface area contributed by atoms with Crippen LogP contribution in [0.1, 0.15) is 50.2 Å². The molecule has 3 rings (SSSR count). The second-order valence-electron chi connectivity index (χ2n) is 7.18. The first-order valence-corrected chi connectivity index (χ1v) is 11.1. The molecule has 1 aliphatic heterocycles. The van der Waals surface area contributed by atoms with E-state index in [4.69, 9.17) is 18.9 Å². The van der Waals surface area contributed by atoms with Crippen molar-refractivity contribution in [1.29, 1.82) is 0 Å². The van der Waals surface area contributed by atoms with Crippen molar-refractivity contribution >= 4 is 28.3 Å². The van der Waals surface area contributed by atoms with E-state index < -0.39 is 0 Å². The predicted molar refractivity (Wildman–Crippen MR) is 125 cm³/mol. The summed E-state index contributed by atoms with van der Waals surface area (Å²) in [5.41, 5.74) is 2.18. The molecule has 0 spiro atoms. The third-order valence-electron chi connectivity index (χ3n) is 4.90. The SMILES string of the molecule is CCCCCCCNCc1cc(Br)c(OCc2ccc3c(c2)OCO3)c(OC)c1.Cl. The predicted octanol–water partition coefficient (Wildman–Crippen LogP) is 6.25. The first kappa shape index (κ1) is 24.6. The third kappa shape index (κ3) is 6.96. The average Bonchev–Trinajstić information content (AvgIpc) is 3.20. The van der Waals surface area contributed by atoms with Crippen molar-refractivity contribution in [2.24, 2.45) is 0 Å². The highest BCUT2D eigenvalue weighted by molar-refractivity contribution is 9.10. The number of halogens is 2. The number of ether oxygens (including phenoxy) is 4. The van der Waals surface area contributed by atoms with E-state index in [-0.39, 0.29) is 19.2 Å². The van der Waals surface area contributed by atoms with Gasteiger partial charge in [-0.3, -0.25) is 0 Å². The Bertz CT molecular complexity index is 803. The zero-order valence-corrected chi connectivity index (χ0v) is 20.1. The molecule has 7 heteroatoms. The van der Waals surface area contributed by atoms with Gasteiger partial charge in [0.15, 0.2) is 23.0 Å². The van der Waals surface area contributed by atoms with Gasteiger partial charge in [-0.05, 0) is 64.3 Å². The second-order valence-corrected chi connectivity index (χ2v) is 8.03. The maximum Gasteiger partial charge on any atom is 0.231 e. The van der Waals surface area contributed by atoms with E-state index in [2.05, 4.69) is 34.2 Å². The summed E-state index contributed by atoms with van der Waals surface area (Å²) >= 11 is 3.64. The molecule has 2 aromatic rings. The number of unbranched alkanes of at least 4 members (excludes halogenated alkanes) is 4. The maximum atomic E-state index is 6.05. The lowest BCUT2D eigenvalue weighted by Gasteiger charge is -2.15. The van der Waals surface area contributed by atoms with Crippen LogP contribution in [0.25, 0.3) is 0 Å². The average molecular weight is 501 g/mol. The lowest BCUT2D eigenvalue weighted by Crippen LogP contribution is -2.14. The van der Waals surface area contributed by atoms with Gasteiger partial charge >= 0.3 is 0 Å². The van der Waals surface area contributed by atoms with Crippen LogP contribution < -0.4 is 24.3 Å². The zero-order chi connectivity index (χ0) is 20.5. The minimum absolute atomic E-state index is 0. The highest BCUT2D eigenvalue weighted by Crippen LogP contribution is 2.38. The number of nitrogens with one attached hydrogen (secondary N) is 1. The van der Waals surface area contributed by atoms with Crippen LogP contribution in [-0.2, 0) is 13.2 Å². The van der Waals surface area contributed by atoms with E-state index in [1.54, 1.807) is 7.11 Å². The zero-order valence-electron chi connectivity index (χ0n) is 17.7. The molecule has 5 nitrogen and oxygen atoms in total. The van der Waals surface area contributed by atoms with Crippen LogP contribution in [0.15, 0.2) is 34.8 Å². The van der Waals surface area contributed by atoms with Gasteiger partial charge < -0.3 is 24.3 Å². The summed E-state index contributed by atoms with van der Waals surface area (Å²) in [6, 6.07) is 9.95. The maximum absolute atomic E-state index is 6.05. The first-order chi connectivity index (χ1) is 14.2. The molecule has 1 aliphatic rings. The van der Waals surface area contributed by atoms with Crippen molar-refractivity contribution < 1.29 is 18.9 Å². The van der Waals surface area contributed by atoms with Crippen molar-refractivity contribution in [2.45, 2.75) is 52.2 Å². The summed E-state index contributed by atoms with van der Waals surface area (Å²) in [6.45, 7) is 4.78. The van der Waals surface area contributed by atoms with Crippen molar-refractivity contribution in [2.75, 3.05) is 20.4 Å². The molecule has 0 radical (unpaired) electrons. The number of rotatable bonds is 12. The van der Waals surface area contributed by atoms with Gasteiger partial charge in [-0.25, -0.2) is 0 Å². The number of hydrogen-bond acceptors (Lipinski definition) is 5. The minimum Gasteiger partial charge on any atom is -0.493 e. The van der Waals surface area contributed by atoms with Gasteiger partial charge in [-0.1, -0.05) is 38.7 Å². The molecule has 1 heterocycles. The van der Waals surface area contributed by atoms with Gasteiger partial charge in [0.2, 0.25) is 6.79 Å². The Balaban J connectivity index is 0.00000320. The highest BCUT2D eigenvalue weighted by Gasteiger charge is 2.15. The minimum atomic E-state index is 0. The van der Waals surface area contributed by atoms with Crippen LogP contribution in [0.3, 0.4) is 0 Å². The lowest BCUT2D eigenvalue weighted by atomic mass is 10.1. The Labute approximate surface area is 194 Å². The number of methoxy groups -OCH3 is 1. The Morgan fingerprint density at radius 2 is 1.80 bits per heavy atom. The van der Waals surface area contributed by atoms with Crippen molar-refractivity contribution in [3.05, 3.63) is 45.9 Å². The topological polar surface area (TPSA) is 49.0 Å². The summed E-state index contributed by atoms with van der Waals surface area (Å²) in [7, 11) is 1.67. The molecule has 0 bridgehead atoms. The molecule has 0 aliphatic carbocycles. The van der Waals surface area contributed by atoms with Crippen LogP contribution in [0.5, 0.6) is 23.0 Å².